The zero-order valence-corrected chi connectivity index (χ0v) is 13.9. The number of rotatable bonds is 5. The molecule has 4 heteroatoms. The van der Waals surface area contributed by atoms with E-state index in [1.165, 1.54) is 19.3 Å². The predicted molar refractivity (Wildman–Crippen MR) is 89.1 cm³/mol. The summed E-state index contributed by atoms with van der Waals surface area (Å²) >= 11 is 0. The summed E-state index contributed by atoms with van der Waals surface area (Å²) < 4.78 is 5.16. The maximum absolute atomic E-state index is 11.9. The Bertz CT molecular complexity index is 611. The number of hydrogen-bond donors (Lipinski definition) is 1. The number of hydrogen-bond acceptors (Lipinski definition) is 3. The number of esters is 1. The van der Waals surface area contributed by atoms with Crippen molar-refractivity contribution in [2.45, 2.75) is 46.0 Å². The minimum Gasteiger partial charge on any atom is -0.456 e. The first-order valence-electron chi connectivity index (χ1n) is 8.54. The average Bonchev–Trinajstić information content (AvgIpc) is 3.11. The van der Waals surface area contributed by atoms with Crippen molar-refractivity contribution in [3.05, 3.63) is 29.3 Å². The first kappa shape index (κ1) is 16.0. The molecule has 124 valence electrons. The molecule has 1 N–H and O–H groups in total. The van der Waals surface area contributed by atoms with Crippen LogP contribution < -0.4 is 5.32 Å². The van der Waals surface area contributed by atoms with E-state index in [-0.39, 0.29) is 18.5 Å². The second kappa shape index (κ2) is 6.73. The highest BCUT2D eigenvalue weighted by Crippen LogP contribution is 2.49. The van der Waals surface area contributed by atoms with Crippen molar-refractivity contribution in [2.24, 2.45) is 17.8 Å². The minimum absolute atomic E-state index is 0.201. The second-order valence-corrected chi connectivity index (χ2v) is 7.17. The second-order valence-electron chi connectivity index (χ2n) is 7.17. The monoisotopic (exact) mass is 315 g/mol. The molecular formula is C19H25NO3. The molecule has 4 nitrogen and oxygen atoms in total. The van der Waals surface area contributed by atoms with E-state index in [4.69, 9.17) is 4.74 Å². The molecule has 1 aromatic carbocycles. The SMILES string of the molecule is Cc1ccc(NC(=O)COC(=O)CC2CC3CCC2C3)c(C)c1. The molecule has 0 aliphatic heterocycles. The Morgan fingerprint density at radius 1 is 1.22 bits per heavy atom. The average molecular weight is 315 g/mol. The Kier molecular flexibility index (Phi) is 4.69. The van der Waals surface area contributed by atoms with Crippen LogP contribution in [0.3, 0.4) is 0 Å². The molecule has 2 aliphatic rings. The summed E-state index contributed by atoms with van der Waals surface area (Å²) in [7, 11) is 0. The first-order chi connectivity index (χ1) is 11.0. The van der Waals surface area contributed by atoms with Gasteiger partial charge in [-0.05, 0) is 62.5 Å². The summed E-state index contributed by atoms with van der Waals surface area (Å²) in [5.41, 5.74) is 2.93. The lowest BCUT2D eigenvalue weighted by molar-refractivity contribution is -0.148. The number of benzene rings is 1. The Labute approximate surface area is 137 Å². The highest BCUT2D eigenvalue weighted by Gasteiger charge is 2.40. The van der Waals surface area contributed by atoms with Crippen LogP contribution in [0.1, 0.15) is 43.2 Å². The Balaban J connectivity index is 1.42. The molecule has 2 saturated carbocycles. The van der Waals surface area contributed by atoms with Crippen LogP contribution in [0.4, 0.5) is 5.69 Å². The van der Waals surface area contributed by atoms with Crippen LogP contribution in [0.15, 0.2) is 18.2 Å². The molecule has 0 saturated heterocycles. The third-order valence-electron chi connectivity index (χ3n) is 5.33. The number of nitrogens with one attached hydrogen (secondary N) is 1. The number of carbonyl (C=O) groups is 2. The summed E-state index contributed by atoms with van der Waals surface area (Å²) in [6, 6.07) is 5.83. The molecule has 2 fully saturated rings. The lowest BCUT2D eigenvalue weighted by atomic mass is 9.86. The van der Waals surface area contributed by atoms with Crippen molar-refractivity contribution in [3.63, 3.8) is 0 Å². The molecule has 1 aromatic rings. The molecule has 0 radical (unpaired) electrons. The van der Waals surface area contributed by atoms with Gasteiger partial charge in [0.25, 0.3) is 5.91 Å². The topological polar surface area (TPSA) is 55.4 Å². The molecule has 3 rings (SSSR count). The van der Waals surface area contributed by atoms with E-state index in [1.807, 2.05) is 32.0 Å². The van der Waals surface area contributed by atoms with Gasteiger partial charge in [-0.3, -0.25) is 9.59 Å². The summed E-state index contributed by atoms with van der Waals surface area (Å²) in [6.45, 7) is 3.76. The van der Waals surface area contributed by atoms with Gasteiger partial charge in [-0.15, -0.1) is 0 Å². The van der Waals surface area contributed by atoms with Gasteiger partial charge in [0, 0.05) is 12.1 Å². The molecule has 0 aromatic heterocycles. The van der Waals surface area contributed by atoms with Crippen LogP contribution in [0.25, 0.3) is 0 Å². The van der Waals surface area contributed by atoms with E-state index in [1.54, 1.807) is 0 Å². The maximum Gasteiger partial charge on any atom is 0.306 e. The maximum atomic E-state index is 11.9. The number of carbonyl (C=O) groups excluding carboxylic acids is 2. The standard InChI is InChI=1S/C19H25NO3/c1-12-3-6-17(13(2)7-12)20-18(21)11-23-19(22)10-16-9-14-4-5-15(16)8-14/h3,6-7,14-16H,4-5,8-11H2,1-2H3,(H,20,21). The van der Waals surface area contributed by atoms with Crippen LogP contribution in [-0.2, 0) is 14.3 Å². The largest absolute Gasteiger partial charge is 0.456 e. The van der Waals surface area contributed by atoms with E-state index in [2.05, 4.69) is 5.32 Å². The lowest BCUT2D eigenvalue weighted by Gasteiger charge is -2.20. The van der Waals surface area contributed by atoms with Gasteiger partial charge >= 0.3 is 5.97 Å². The van der Waals surface area contributed by atoms with E-state index in [0.29, 0.717) is 18.3 Å². The van der Waals surface area contributed by atoms with Crippen molar-refractivity contribution in [2.75, 3.05) is 11.9 Å². The molecule has 1 amide bonds. The highest BCUT2D eigenvalue weighted by atomic mass is 16.5. The number of anilines is 1. The van der Waals surface area contributed by atoms with Gasteiger partial charge in [0.1, 0.15) is 0 Å². The smallest absolute Gasteiger partial charge is 0.306 e. The quantitative estimate of drug-likeness (QED) is 0.845. The highest BCUT2D eigenvalue weighted by molar-refractivity contribution is 5.93. The molecule has 23 heavy (non-hydrogen) atoms. The van der Waals surface area contributed by atoms with Crippen molar-refractivity contribution in [3.8, 4) is 0 Å². The fourth-order valence-electron chi connectivity index (χ4n) is 4.19. The first-order valence-corrected chi connectivity index (χ1v) is 8.54. The van der Waals surface area contributed by atoms with Crippen LogP contribution in [0, 0.1) is 31.6 Å². The van der Waals surface area contributed by atoms with Crippen molar-refractivity contribution < 1.29 is 14.3 Å². The fraction of sp³-hybridized carbons (Fsp3) is 0.579. The van der Waals surface area contributed by atoms with Crippen LogP contribution in [0.2, 0.25) is 0 Å². The van der Waals surface area contributed by atoms with Gasteiger partial charge in [0.2, 0.25) is 0 Å². The zero-order chi connectivity index (χ0) is 16.4. The van der Waals surface area contributed by atoms with Crippen LogP contribution >= 0.6 is 0 Å². The van der Waals surface area contributed by atoms with Gasteiger partial charge < -0.3 is 10.1 Å². The predicted octanol–water partition coefficient (Wildman–Crippen LogP) is 3.61. The zero-order valence-electron chi connectivity index (χ0n) is 13.9. The summed E-state index contributed by atoms with van der Waals surface area (Å²) in [5.74, 6) is 1.49. The Morgan fingerprint density at radius 2 is 2.04 bits per heavy atom. The number of aryl methyl sites for hydroxylation is 2. The fourth-order valence-corrected chi connectivity index (χ4v) is 4.19. The van der Waals surface area contributed by atoms with Crippen LogP contribution in [-0.4, -0.2) is 18.5 Å². The van der Waals surface area contributed by atoms with Gasteiger partial charge in [-0.25, -0.2) is 0 Å². The van der Waals surface area contributed by atoms with Gasteiger partial charge in [-0.1, -0.05) is 24.1 Å². The van der Waals surface area contributed by atoms with Crippen molar-refractivity contribution >= 4 is 17.6 Å². The van der Waals surface area contributed by atoms with E-state index >= 15 is 0 Å². The molecule has 2 aliphatic carbocycles. The third kappa shape index (κ3) is 3.92. The number of amides is 1. The molecule has 3 atom stereocenters. The summed E-state index contributed by atoms with van der Waals surface area (Å²) in [4.78, 5) is 23.9. The Hall–Kier alpha value is -1.84. The van der Waals surface area contributed by atoms with Gasteiger partial charge in [-0.2, -0.15) is 0 Å². The normalized spacial score (nSPS) is 25.4. The minimum atomic E-state index is -0.279. The summed E-state index contributed by atoms with van der Waals surface area (Å²) in [5, 5.41) is 2.80. The molecule has 2 bridgehead atoms. The molecule has 0 heterocycles. The summed E-state index contributed by atoms with van der Waals surface area (Å²) in [6.07, 6.45) is 5.50. The third-order valence-corrected chi connectivity index (χ3v) is 5.33. The molecule has 3 unspecified atom stereocenters. The van der Waals surface area contributed by atoms with E-state index in [0.717, 1.165) is 29.2 Å². The molecular weight excluding hydrogens is 290 g/mol. The number of ether oxygens (including phenoxy) is 1. The van der Waals surface area contributed by atoms with Crippen LogP contribution in [0.5, 0.6) is 0 Å². The van der Waals surface area contributed by atoms with E-state index < -0.39 is 0 Å². The van der Waals surface area contributed by atoms with Gasteiger partial charge in [0.15, 0.2) is 6.61 Å². The molecule has 0 spiro atoms. The Morgan fingerprint density at radius 3 is 2.70 bits per heavy atom. The van der Waals surface area contributed by atoms with Crippen molar-refractivity contribution in [1.82, 2.24) is 0 Å². The van der Waals surface area contributed by atoms with E-state index in [9.17, 15) is 9.59 Å². The number of fused-ring (bicyclic) bond motifs is 2. The van der Waals surface area contributed by atoms with Crippen molar-refractivity contribution in [1.29, 1.82) is 0 Å². The van der Waals surface area contributed by atoms with Gasteiger partial charge in [0.05, 0.1) is 0 Å². The lowest BCUT2D eigenvalue weighted by Crippen LogP contribution is -2.23.